The van der Waals surface area contributed by atoms with Gasteiger partial charge in [-0.2, -0.15) is 8.78 Å². The van der Waals surface area contributed by atoms with Crippen molar-refractivity contribution in [3.8, 4) is 0 Å². The number of fused-ring (bicyclic) bond motifs is 1. The third-order valence-electron chi connectivity index (χ3n) is 8.29. The number of sulfonamides is 1. The third-order valence-corrected chi connectivity index (χ3v) is 9.28. The highest BCUT2D eigenvalue weighted by Crippen LogP contribution is 2.46. The lowest BCUT2D eigenvalue weighted by molar-refractivity contribution is -0.166. The number of alkyl halides is 2. The van der Waals surface area contributed by atoms with Crippen LogP contribution in [0.15, 0.2) is 72.8 Å². The fourth-order valence-corrected chi connectivity index (χ4v) is 7.26. The van der Waals surface area contributed by atoms with Crippen LogP contribution in [0.3, 0.4) is 0 Å². The summed E-state index contributed by atoms with van der Waals surface area (Å²) in [6, 6.07) is 15.9. The number of benzene rings is 3. The summed E-state index contributed by atoms with van der Waals surface area (Å²) < 4.78 is 55.5. The van der Waals surface area contributed by atoms with Gasteiger partial charge in [0.1, 0.15) is 0 Å². The standard InChI is InChI=1S/C32H32ClF2N3O7S/c1-46(43,44)37-25-11-4-5-12-26(25)38-28(20-13-15-22(33)16-14-20)27(23-9-2-3-10-24(23)30(38)40)29(39)36-45-18-19-7-6-8-21(17-19)32(34,35)31(41)42/h2-3,6-10,13-17,25-28,37H,4-5,11-12,18H2,1H3,(H,36,39)(H,41,42)/t25-,26-,27+,28-/m0/s1. The highest BCUT2D eigenvalue weighted by Gasteiger charge is 2.49. The molecule has 0 unspecified atom stereocenters. The van der Waals surface area contributed by atoms with E-state index in [2.05, 4.69) is 10.2 Å². The van der Waals surface area contributed by atoms with Crippen LogP contribution in [0.5, 0.6) is 0 Å². The maximum absolute atomic E-state index is 14.3. The molecule has 3 aromatic carbocycles. The van der Waals surface area contributed by atoms with E-state index >= 15 is 0 Å². The Hall–Kier alpha value is -3.91. The number of carboxylic acid groups (broad SMARTS) is 1. The SMILES string of the molecule is CS(=O)(=O)N[C@H]1CCCC[C@@H]1N1C(=O)c2ccccc2[C@@H](C(=O)NOCc2cccc(C(F)(F)C(=O)O)c2)[C@@H]1c1ccc(Cl)cc1. The van der Waals surface area contributed by atoms with Crippen molar-refractivity contribution in [2.45, 2.75) is 62.3 Å². The van der Waals surface area contributed by atoms with Crippen LogP contribution in [0.2, 0.25) is 5.02 Å². The first-order valence-electron chi connectivity index (χ1n) is 14.5. The first-order chi connectivity index (χ1) is 21.8. The largest absolute Gasteiger partial charge is 0.477 e. The second-order valence-corrected chi connectivity index (χ2v) is 13.7. The van der Waals surface area contributed by atoms with Crippen molar-refractivity contribution < 1.29 is 41.5 Å². The Labute approximate surface area is 269 Å². The van der Waals surface area contributed by atoms with E-state index in [-0.39, 0.29) is 23.6 Å². The van der Waals surface area contributed by atoms with Gasteiger partial charge < -0.3 is 10.0 Å². The summed E-state index contributed by atoms with van der Waals surface area (Å²) in [7, 11) is -3.63. The Morgan fingerprint density at radius 2 is 1.74 bits per heavy atom. The monoisotopic (exact) mass is 675 g/mol. The number of carboxylic acids is 1. The van der Waals surface area contributed by atoms with Crippen LogP contribution in [0.1, 0.15) is 70.3 Å². The molecule has 10 nitrogen and oxygen atoms in total. The van der Waals surface area contributed by atoms with Crippen molar-refractivity contribution in [1.29, 1.82) is 0 Å². The number of halogens is 3. The van der Waals surface area contributed by atoms with Gasteiger partial charge in [-0.1, -0.05) is 73.0 Å². The van der Waals surface area contributed by atoms with E-state index in [9.17, 15) is 31.6 Å². The Morgan fingerprint density at radius 1 is 1.04 bits per heavy atom. The highest BCUT2D eigenvalue weighted by atomic mass is 35.5. The lowest BCUT2D eigenvalue weighted by atomic mass is 9.76. The Kier molecular flexibility index (Phi) is 9.78. The van der Waals surface area contributed by atoms with E-state index in [1.807, 2.05) is 0 Å². The van der Waals surface area contributed by atoms with E-state index in [1.54, 1.807) is 53.4 Å². The van der Waals surface area contributed by atoms with Crippen LogP contribution in [-0.4, -0.2) is 54.5 Å². The average Bonchev–Trinajstić information content (AvgIpc) is 3.01. The Bertz CT molecular complexity index is 1740. The highest BCUT2D eigenvalue weighted by molar-refractivity contribution is 7.88. The third kappa shape index (κ3) is 7.07. The van der Waals surface area contributed by atoms with Gasteiger partial charge in [0.05, 0.1) is 24.8 Å². The molecule has 14 heteroatoms. The lowest BCUT2D eigenvalue weighted by Gasteiger charge is -2.49. The minimum atomic E-state index is -4.12. The van der Waals surface area contributed by atoms with Crippen LogP contribution in [0, 0.1) is 0 Å². The van der Waals surface area contributed by atoms with Gasteiger partial charge in [0.2, 0.25) is 10.0 Å². The molecule has 2 aliphatic rings. The quantitative estimate of drug-likeness (QED) is 0.260. The minimum Gasteiger partial charge on any atom is -0.477 e. The molecule has 0 aromatic heterocycles. The first kappa shape index (κ1) is 33.5. The fourth-order valence-electron chi connectivity index (χ4n) is 6.30. The number of carbonyl (C=O) groups excluding carboxylic acids is 2. The molecule has 1 heterocycles. The first-order valence-corrected chi connectivity index (χ1v) is 16.8. The number of aliphatic carboxylic acids is 1. The van der Waals surface area contributed by atoms with Crippen LogP contribution in [0.25, 0.3) is 0 Å². The molecule has 0 bridgehead atoms. The molecule has 0 radical (unpaired) electrons. The molecule has 1 aliphatic carbocycles. The summed E-state index contributed by atoms with van der Waals surface area (Å²) >= 11 is 6.19. The Morgan fingerprint density at radius 3 is 2.43 bits per heavy atom. The maximum Gasteiger partial charge on any atom is 0.379 e. The molecule has 0 spiro atoms. The molecular formula is C32H32ClF2N3O7S. The number of hydroxylamine groups is 1. The van der Waals surface area contributed by atoms with Crippen molar-refractivity contribution in [1.82, 2.24) is 15.1 Å². The molecule has 3 aromatic rings. The van der Waals surface area contributed by atoms with Gasteiger partial charge in [0, 0.05) is 28.2 Å². The molecular weight excluding hydrogens is 644 g/mol. The zero-order valence-electron chi connectivity index (χ0n) is 24.7. The van der Waals surface area contributed by atoms with Crippen molar-refractivity contribution in [2.75, 3.05) is 6.26 Å². The average molecular weight is 676 g/mol. The van der Waals surface area contributed by atoms with Gasteiger partial charge in [0.15, 0.2) is 0 Å². The molecule has 0 saturated heterocycles. The summed E-state index contributed by atoms with van der Waals surface area (Å²) in [5, 5.41) is 9.33. The molecule has 1 fully saturated rings. The number of nitrogens with zero attached hydrogens (tertiary/aromatic N) is 1. The van der Waals surface area contributed by atoms with E-state index in [0.717, 1.165) is 31.2 Å². The van der Waals surface area contributed by atoms with Crippen molar-refractivity contribution in [3.05, 3.63) is 106 Å². The van der Waals surface area contributed by atoms with Gasteiger partial charge in [-0.05, 0) is 53.8 Å². The van der Waals surface area contributed by atoms with Crippen LogP contribution < -0.4 is 10.2 Å². The van der Waals surface area contributed by atoms with Gasteiger partial charge in [0.25, 0.3) is 11.8 Å². The molecule has 3 N–H and O–H groups in total. The normalized spacial score (nSPS) is 21.8. The molecule has 4 atom stereocenters. The lowest BCUT2D eigenvalue weighted by Crippen LogP contribution is -2.59. The van der Waals surface area contributed by atoms with Crippen molar-refractivity contribution in [3.63, 3.8) is 0 Å². The number of nitrogens with one attached hydrogen (secondary N) is 2. The van der Waals surface area contributed by atoms with Crippen molar-refractivity contribution in [2.24, 2.45) is 0 Å². The fraction of sp³-hybridized carbons (Fsp3) is 0.344. The summed E-state index contributed by atoms with van der Waals surface area (Å²) in [5.74, 6) is -8.44. The second-order valence-electron chi connectivity index (χ2n) is 11.5. The van der Waals surface area contributed by atoms with Crippen LogP contribution in [-0.2, 0) is 37.0 Å². The zero-order chi connectivity index (χ0) is 33.2. The van der Waals surface area contributed by atoms with E-state index in [1.165, 1.54) is 12.1 Å². The van der Waals surface area contributed by atoms with E-state index in [4.69, 9.17) is 21.5 Å². The van der Waals surface area contributed by atoms with Gasteiger partial charge >= 0.3 is 11.9 Å². The summed E-state index contributed by atoms with van der Waals surface area (Å²) in [6.45, 7) is -0.360. The topological polar surface area (TPSA) is 142 Å². The summed E-state index contributed by atoms with van der Waals surface area (Å²) in [4.78, 5) is 46.4. The minimum absolute atomic E-state index is 0.186. The summed E-state index contributed by atoms with van der Waals surface area (Å²) in [6.07, 6.45) is 3.55. The number of carbonyl (C=O) groups is 3. The predicted molar refractivity (Wildman–Crippen MR) is 164 cm³/mol. The molecule has 244 valence electrons. The molecule has 1 aliphatic heterocycles. The molecule has 1 saturated carbocycles. The Balaban J connectivity index is 1.51. The van der Waals surface area contributed by atoms with Crippen LogP contribution in [0.4, 0.5) is 8.78 Å². The van der Waals surface area contributed by atoms with Gasteiger partial charge in [-0.3, -0.25) is 14.4 Å². The van der Waals surface area contributed by atoms with Crippen molar-refractivity contribution >= 4 is 39.4 Å². The molecule has 46 heavy (non-hydrogen) atoms. The second kappa shape index (κ2) is 13.4. The van der Waals surface area contributed by atoms with E-state index < -0.39 is 57.4 Å². The van der Waals surface area contributed by atoms with Gasteiger partial charge in [-0.25, -0.2) is 23.4 Å². The molecule has 2 amide bonds. The predicted octanol–water partition coefficient (Wildman–Crippen LogP) is 4.91. The molecule has 5 rings (SSSR count). The van der Waals surface area contributed by atoms with E-state index in [0.29, 0.717) is 29.0 Å². The smallest absolute Gasteiger partial charge is 0.379 e. The number of rotatable bonds is 10. The zero-order valence-corrected chi connectivity index (χ0v) is 26.2. The number of hydrogen-bond acceptors (Lipinski definition) is 6. The number of amides is 2. The summed E-state index contributed by atoms with van der Waals surface area (Å²) in [5.41, 5.74) is 3.14. The van der Waals surface area contributed by atoms with Crippen LogP contribution >= 0.6 is 11.6 Å². The number of hydrogen-bond donors (Lipinski definition) is 3. The van der Waals surface area contributed by atoms with Gasteiger partial charge in [-0.15, -0.1) is 0 Å². The maximum atomic E-state index is 14.3.